The van der Waals surface area contributed by atoms with Crippen LogP contribution >= 0.6 is 0 Å². The van der Waals surface area contributed by atoms with E-state index in [0.29, 0.717) is 6.42 Å². The van der Waals surface area contributed by atoms with Gasteiger partial charge in [-0.05, 0) is 64.2 Å². The first-order valence-electron chi connectivity index (χ1n) is 28.7. The third-order valence-electron chi connectivity index (χ3n) is 13.3. The molecule has 1 heterocycles. The summed E-state index contributed by atoms with van der Waals surface area (Å²) < 4.78 is 11.2. The van der Waals surface area contributed by atoms with Crippen LogP contribution in [0.5, 0.6) is 0 Å². The maximum Gasteiger partial charge on any atom is 0.220 e. The van der Waals surface area contributed by atoms with Gasteiger partial charge in [0.2, 0.25) is 5.91 Å². The molecule has 7 atom stereocenters. The van der Waals surface area contributed by atoms with Crippen molar-refractivity contribution in [2.24, 2.45) is 0 Å². The van der Waals surface area contributed by atoms with Gasteiger partial charge in [-0.2, -0.15) is 0 Å². The highest BCUT2D eigenvalue weighted by Crippen LogP contribution is 2.23. The van der Waals surface area contributed by atoms with Gasteiger partial charge in [-0.3, -0.25) is 4.79 Å². The summed E-state index contributed by atoms with van der Waals surface area (Å²) in [5, 5.41) is 54.3. The van der Waals surface area contributed by atoms with E-state index in [-0.39, 0.29) is 12.5 Å². The molecule has 1 saturated heterocycles. The molecule has 0 radical (unpaired) electrons. The zero-order chi connectivity index (χ0) is 50.1. The molecule has 1 aliphatic heterocycles. The monoisotopic (exact) mass is 970 g/mol. The smallest absolute Gasteiger partial charge is 0.220 e. The Morgan fingerprint density at radius 1 is 0.507 bits per heavy atom. The molecule has 9 nitrogen and oxygen atoms in total. The van der Waals surface area contributed by atoms with Crippen molar-refractivity contribution in [1.29, 1.82) is 0 Å². The van der Waals surface area contributed by atoms with Crippen molar-refractivity contribution in [1.82, 2.24) is 5.32 Å². The fraction of sp³-hybridized carbons (Fsp3) is 0.783. The quantitative estimate of drug-likeness (QED) is 0.0261. The van der Waals surface area contributed by atoms with Gasteiger partial charge in [0, 0.05) is 6.42 Å². The molecule has 9 heteroatoms. The number of hydrogen-bond acceptors (Lipinski definition) is 8. The Bertz CT molecular complexity index is 1310. The van der Waals surface area contributed by atoms with Crippen molar-refractivity contribution in [3.05, 3.63) is 72.9 Å². The van der Waals surface area contributed by atoms with Crippen molar-refractivity contribution < 1.29 is 39.8 Å². The lowest BCUT2D eigenvalue weighted by atomic mass is 9.99. The maximum atomic E-state index is 13.0. The van der Waals surface area contributed by atoms with Gasteiger partial charge < -0.3 is 40.3 Å². The summed E-state index contributed by atoms with van der Waals surface area (Å²) in [4.78, 5) is 13.0. The van der Waals surface area contributed by atoms with Crippen molar-refractivity contribution >= 4 is 5.91 Å². The Hall–Kier alpha value is -2.37. The Kier molecular flexibility index (Phi) is 46.1. The Balaban J connectivity index is 2.08. The maximum absolute atomic E-state index is 13.0. The molecule has 0 aromatic heterocycles. The third kappa shape index (κ3) is 38.9. The van der Waals surface area contributed by atoms with Gasteiger partial charge >= 0.3 is 0 Å². The van der Waals surface area contributed by atoms with Gasteiger partial charge in [0.1, 0.15) is 24.4 Å². The van der Waals surface area contributed by atoms with Crippen LogP contribution < -0.4 is 5.32 Å². The van der Waals surface area contributed by atoms with E-state index >= 15 is 0 Å². The molecule has 0 bridgehead atoms. The normalized spacial score (nSPS) is 20.0. The summed E-state index contributed by atoms with van der Waals surface area (Å²) in [5.41, 5.74) is 0. The Labute approximate surface area is 423 Å². The van der Waals surface area contributed by atoms with E-state index in [1.54, 1.807) is 6.08 Å². The number of nitrogens with one attached hydrogen (secondary N) is 1. The first-order valence-corrected chi connectivity index (χ1v) is 28.7. The van der Waals surface area contributed by atoms with Crippen LogP contribution in [-0.2, 0) is 14.3 Å². The molecule has 69 heavy (non-hydrogen) atoms. The predicted octanol–water partition coefficient (Wildman–Crippen LogP) is 14.1. The van der Waals surface area contributed by atoms with E-state index < -0.39 is 49.5 Å². The molecule has 1 rings (SSSR count). The van der Waals surface area contributed by atoms with Gasteiger partial charge in [-0.25, -0.2) is 0 Å². The van der Waals surface area contributed by atoms with E-state index in [1.165, 1.54) is 154 Å². The van der Waals surface area contributed by atoms with Gasteiger partial charge in [0.05, 0.1) is 25.4 Å². The molecule has 1 aliphatic rings. The van der Waals surface area contributed by atoms with Crippen molar-refractivity contribution in [2.45, 2.75) is 288 Å². The standard InChI is InChI=1S/C60H107NO8/c1-3-5-7-9-11-13-15-16-17-18-19-20-21-22-23-24-25-26-27-28-29-30-31-32-33-34-35-36-37-38-40-42-44-46-48-50-56(64)61-53(52-68-60-59(67)58(66)57(65)55(51-62)69-60)54(63)49-47-45-43-41-39-14-12-10-8-6-4-2/h5,7,11,13,16-17,19-20,22-23,47,49,53-55,57-60,62-63,65-67H,3-4,6,8-10,12,14-15,18,21,24-46,48,50-52H2,1-2H3,(H,61,64)/b7-5-,13-11-,17-16-,20-19-,23-22-,49-47+. The van der Waals surface area contributed by atoms with Crippen LogP contribution in [0.3, 0.4) is 0 Å². The van der Waals surface area contributed by atoms with Crippen molar-refractivity contribution in [2.75, 3.05) is 13.2 Å². The number of carbonyl (C=O) groups excluding carboxylic acids is 1. The SMILES string of the molecule is CC/C=C\C/C=C\C/C=C\C/C=C\C/C=C\CCCCCCCCCCCCCCCCCCCCCC(=O)NC(COC1OC(CO)C(O)C(O)C1O)C(O)/C=C/CCCCCCCCCCC. The average Bonchev–Trinajstić information content (AvgIpc) is 3.35. The molecule has 0 aromatic rings. The van der Waals surface area contributed by atoms with Gasteiger partial charge in [0.15, 0.2) is 6.29 Å². The topological polar surface area (TPSA) is 149 Å². The minimum Gasteiger partial charge on any atom is -0.394 e. The summed E-state index contributed by atoms with van der Waals surface area (Å²) in [5.74, 6) is -0.178. The average molecular weight is 971 g/mol. The minimum atomic E-state index is -1.57. The molecule has 0 saturated carbocycles. The second-order valence-corrected chi connectivity index (χ2v) is 19.7. The zero-order valence-electron chi connectivity index (χ0n) is 44.3. The largest absolute Gasteiger partial charge is 0.394 e. The molecule has 6 N–H and O–H groups in total. The lowest BCUT2D eigenvalue weighted by Crippen LogP contribution is -2.60. The van der Waals surface area contributed by atoms with Crippen molar-refractivity contribution in [3.8, 4) is 0 Å². The first kappa shape index (κ1) is 64.6. The van der Waals surface area contributed by atoms with E-state index in [1.807, 2.05) is 6.08 Å². The molecule has 0 spiro atoms. The van der Waals surface area contributed by atoms with Gasteiger partial charge in [-0.1, -0.05) is 247 Å². The number of rotatable bonds is 48. The summed E-state index contributed by atoms with van der Waals surface area (Å²) >= 11 is 0. The lowest BCUT2D eigenvalue weighted by Gasteiger charge is -2.40. The molecule has 1 fully saturated rings. The molecular formula is C60H107NO8. The van der Waals surface area contributed by atoms with E-state index in [4.69, 9.17) is 9.47 Å². The number of ether oxygens (including phenoxy) is 2. The third-order valence-corrected chi connectivity index (χ3v) is 13.3. The number of aliphatic hydroxyl groups is 5. The van der Waals surface area contributed by atoms with E-state index in [2.05, 4.69) is 79.9 Å². The van der Waals surface area contributed by atoms with Crippen LogP contribution in [0.2, 0.25) is 0 Å². The fourth-order valence-corrected chi connectivity index (χ4v) is 8.77. The molecular weight excluding hydrogens is 863 g/mol. The van der Waals surface area contributed by atoms with Crippen LogP contribution in [-0.4, -0.2) is 87.5 Å². The molecule has 1 amide bonds. The lowest BCUT2D eigenvalue weighted by molar-refractivity contribution is -0.302. The number of carbonyl (C=O) groups is 1. The molecule has 0 aliphatic carbocycles. The Morgan fingerprint density at radius 3 is 1.33 bits per heavy atom. The van der Waals surface area contributed by atoms with E-state index in [9.17, 15) is 30.3 Å². The van der Waals surface area contributed by atoms with Crippen LogP contribution in [0.25, 0.3) is 0 Å². The second-order valence-electron chi connectivity index (χ2n) is 19.7. The molecule has 7 unspecified atom stereocenters. The molecule has 0 aromatic carbocycles. The first-order chi connectivity index (χ1) is 33.8. The van der Waals surface area contributed by atoms with Crippen LogP contribution in [0.1, 0.15) is 245 Å². The van der Waals surface area contributed by atoms with Crippen LogP contribution in [0.15, 0.2) is 72.9 Å². The summed E-state index contributed by atoms with van der Waals surface area (Å²) in [6.45, 7) is 3.65. The number of allylic oxidation sites excluding steroid dienone is 11. The highest BCUT2D eigenvalue weighted by Gasteiger charge is 2.44. The van der Waals surface area contributed by atoms with Gasteiger partial charge in [0.25, 0.3) is 0 Å². The minimum absolute atomic E-state index is 0.178. The highest BCUT2D eigenvalue weighted by molar-refractivity contribution is 5.76. The molecule has 400 valence electrons. The fourth-order valence-electron chi connectivity index (χ4n) is 8.77. The number of hydrogen-bond donors (Lipinski definition) is 6. The summed E-state index contributed by atoms with van der Waals surface area (Å²) in [6.07, 6.45) is 61.3. The number of unbranched alkanes of at least 4 members (excludes halogenated alkanes) is 28. The number of amides is 1. The van der Waals surface area contributed by atoms with Crippen molar-refractivity contribution in [3.63, 3.8) is 0 Å². The van der Waals surface area contributed by atoms with Crippen LogP contribution in [0.4, 0.5) is 0 Å². The highest BCUT2D eigenvalue weighted by atomic mass is 16.7. The van der Waals surface area contributed by atoms with Gasteiger partial charge in [-0.15, -0.1) is 0 Å². The predicted molar refractivity (Wildman–Crippen MR) is 290 cm³/mol. The van der Waals surface area contributed by atoms with E-state index in [0.717, 1.165) is 70.6 Å². The summed E-state index contributed by atoms with van der Waals surface area (Å²) in [6, 6.07) is -0.804. The second kappa shape index (κ2) is 49.2. The summed E-state index contributed by atoms with van der Waals surface area (Å²) in [7, 11) is 0. The Morgan fingerprint density at radius 2 is 0.899 bits per heavy atom. The van der Waals surface area contributed by atoms with Crippen LogP contribution in [0, 0.1) is 0 Å². The zero-order valence-corrected chi connectivity index (χ0v) is 44.3. The number of aliphatic hydroxyl groups excluding tert-OH is 5.